The molecule has 1 aliphatic carbocycles. The quantitative estimate of drug-likeness (QED) is 0.0129. The number of carboxylic acid groups (broad SMARTS) is 1. The first-order valence-electron chi connectivity index (χ1n) is 24.6. The number of allylic oxidation sites excluding steroid dienone is 3. The summed E-state index contributed by atoms with van der Waals surface area (Å²) in [7, 11) is -11.4. The summed E-state index contributed by atoms with van der Waals surface area (Å²) in [4.78, 5) is 96.7. The number of nitrogens with one attached hydrogen (secondary N) is 3. The van der Waals surface area contributed by atoms with Crippen LogP contribution in [0.2, 0.25) is 0 Å². The number of aromatic carboxylic acids is 1. The topological polar surface area (TPSA) is 342 Å². The first kappa shape index (κ1) is 65.2. The average Bonchev–Trinajstić information content (AvgIpc) is 3.86. The lowest BCUT2D eigenvalue weighted by atomic mass is 9.73. The Labute approximate surface area is 477 Å². The number of carbonyl (C=O) groups excluding carboxylic acids is 1. The molecule has 0 saturated carbocycles. The lowest BCUT2D eigenvalue weighted by molar-refractivity contribution is -0.0543. The number of aliphatic imine (C=N–C) groups is 1. The zero-order valence-electron chi connectivity index (χ0n) is 45.0. The minimum Gasteiger partial charge on any atom is -0.478 e. The molecule has 3 aliphatic rings. The number of aromatic nitrogens is 2. The smallest absolute Gasteiger partial charge is 0.478 e. The first-order valence-corrected chi connectivity index (χ1v) is 33.8. The van der Waals surface area contributed by atoms with Crippen LogP contribution in [0.4, 0.5) is 5.69 Å². The lowest BCUT2D eigenvalue weighted by Crippen LogP contribution is -2.36. The van der Waals surface area contributed by atoms with Gasteiger partial charge in [0.1, 0.15) is 47.9 Å². The summed E-state index contributed by atoms with van der Waals surface area (Å²) in [6.45, 7) is 18.2. The standard InChI is InChI=1S/C49H64N5O19P3S4/c1-10-50-36-20-38-34(17-28(36)3)43(35-18-29(4)37(51-11-2)21-39(35)70-38)32-15-14-30(19-33(32)46(57)58)44(55)52-25-49(8,9)80-77-26-67-16-12-13-31-23-54(47(59)53-45(31)56)42-22-40(68-27-78-79-48(5,6)7)41(71-42)24-69-75(63,64)73-76(65,66)72-74(60,61)62/h14-15,17-21,23,34,40-43,51H,10-11,16,22,24-27H2,1-9H3,(H,52,55)(H,57,58)(H,63,64)(H,65,66)(H,53,56,59)(H2,60,61,62)/b50-36-/t34?,40-,41-,42-,43?/m1/s1. The molecule has 31 heteroatoms. The van der Waals surface area contributed by atoms with Gasteiger partial charge in [0.05, 0.1) is 24.0 Å². The number of hydrogen-bond acceptors (Lipinski definition) is 20. The van der Waals surface area contributed by atoms with Gasteiger partial charge in [-0.3, -0.25) is 28.7 Å². The summed E-state index contributed by atoms with van der Waals surface area (Å²) >= 11 is 0. The van der Waals surface area contributed by atoms with E-state index >= 15 is 0 Å². The largest absolute Gasteiger partial charge is 0.490 e. The molecule has 0 radical (unpaired) electrons. The van der Waals surface area contributed by atoms with Crippen molar-refractivity contribution in [3.05, 3.63) is 114 Å². The highest BCUT2D eigenvalue weighted by Gasteiger charge is 2.44. The molecule has 438 valence electrons. The second-order valence-corrected chi connectivity index (χ2v) is 30.2. The Kier molecular flexibility index (Phi) is 22.5. The van der Waals surface area contributed by atoms with Crippen LogP contribution in [-0.4, -0.2) is 118 Å². The fraction of sp³-hybridized carbons (Fsp3) is 0.490. The molecule has 4 unspecified atom stereocenters. The molecular formula is C49H64N5O19P3S4. The Morgan fingerprint density at radius 1 is 0.963 bits per heavy atom. The molecule has 8 N–H and O–H groups in total. The highest BCUT2D eigenvalue weighted by Crippen LogP contribution is 2.66. The maximum absolute atomic E-state index is 13.7. The van der Waals surface area contributed by atoms with Crippen LogP contribution in [-0.2, 0) is 41.1 Å². The molecule has 1 fully saturated rings. The Morgan fingerprint density at radius 3 is 2.36 bits per heavy atom. The van der Waals surface area contributed by atoms with Gasteiger partial charge in [-0.2, -0.15) is 8.62 Å². The van der Waals surface area contributed by atoms with Crippen LogP contribution >= 0.6 is 66.6 Å². The van der Waals surface area contributed by atoms with E-state index in [1.165, 1.54) is 49.2 Å². The van der Waals surface area contributed by atoms with Gasteiger partial charge in [0.25, 0.3) is 11.5 Å². The molecular weight excluding hydrogens is 1180 g/mol. The van der Waals surface area contributed by atoms with Gasteiger partial charge in [0.2, 0.25) is 0 Å². The van der Waals surface area contributed by atoms with Crippen molar-refractivity contribution < 1.29 is 80.1 Å². The van der Waals surface area contributed by atoms with E-state index in [-0.39, 0.29) is 58.8 Å². The number of carbonyl (C=O) groups is 2. The fourth-order valence-corrected chi connectivity index (χ4v) is 15.5. The lowest BCUT2D eigenvalue weighted by Gasteiger charge is -2.37. The fourth-order valence-electron chi connectivity index (χ4n) is 8.38. The van der Waals surface area contributed by atoms with Gasteiger partial charge in [-0.05, 0) is 76.4 Å². The number of fused-ring (bicyclic) bond motifs is 2. The van der Waals surface area contributed by atoms with E-state index in [2.05, 4.69) is 47.1 Å². The van der Waals surface area contributed by atoms with Gasteiger partial charge in [-0.25, -0.2) is 23.3 Å². The predicted molar refractivity (Wildman–Crippen MR) is 308 cm³/mol. The highest BCUT2D eigenvalue weighted by atomic mass is 33.1. The van der Waals surface area contributed by atoms with Crippen molar-refractivity contribution in [3.63, 3.8) is 0 Å². The second-order valence-electron chi connectivity index (χ2n) is 19.7. The molecule has 1 saturated heterocycles. The number of H-pyrrole nitrogens is 1. The maximum Gasteiger partial charge on any atom is 0.490 e. The number of amides is 1. The Bertz CT molecular complexity index is 3240. The number of aromatic amines is 1. The molecule has 1 aromatic heterocycles. The number of hydrogen-bond donors (Lipinski definition) is 8. The minimum absolute atomic E-state index is 0.00676. The SMILES string of the molecule is CC/N=C1/C=C2Oc3cc(NCC)c(C)cc3C(c3ccc(C(=O)NCC(C)(C)SSCOCC#Cc4cn([C@H]5C[C@@H](OCSSC(C)(C)C)[C@@H](COP(=O)(O)OP(=O)(O)OP(=O)(O)O)O5)c(=O)[nH]c4=O)cc3C(=O)O)C2C=C1C. The van der Waals surface area contributed by atoms with Gasteiger partial charge in [0, 0.05) is 82.5 Å². The molecule has 1 amide bonds. The van der Waals surface area contributed by atoms with Gasteiger partial charge >= 0.3 is 35.1 Å². The van der Waals surface area contributed by atoms with Crippen molar-refractivity contribution in [3.8, 4) is 17.6 Å². The molecule has 2 aromatic carbocycles. The molecule has 0 spiro atoms. The Hall–Kier alpha value is -3.94. The number of aryl methyl sites for hydroxylation is 1. The van der Waals surface area contributed by atoms with E-state index in [1.807, 2.05) is 80.5 Å². The van der Waals surface area contributed by atoms with E-state index in [1.54, 1.807) is 12.1 Å². The summed E-state index contributed by atoms with van der Waals surface area (Å²) in [5.74, 6) is 4.46. The van der Waals surface area contributed by atoms with Crippen molar-refractivity contribution in [2.45, 2.75) is 103 Å². The van der Waals surface area contributed by atoms with E-state index in [0.29, 0.717) is 30.2 Å². The first-order chi connectivity index (χ1) is 37.4. The zero-order chi connectivity index (χ0) is 59.0. The normalized spacial score (nSPS) is 21.2. The molecule has 3 aromatic rings. The molecule has 2 aliphatic heterocycles. The van der Waals surface area contributed by atoms with Gasteiger partial charge in [-0.1, -0.05) is 87.9 Å². The van der Waals surface area contributed by atoms with Crippen LogP contribution in [0.5, 0.6) is 5.75 Å². The summed E-state index contributed by atoms with van der Waals surface area (Å²) in [5.41, 5.74) is 3.31. The molecule has 3 heterocycles. The maximum atomic E-state index is 13.7. The van der Waals surface area contributed by atoms with Crippen LogP contribution in [0.3, 0.4) is 0 Å². The number of benzene rings is 2. The Balaban J connectivity index is 1.05. The van der Waals surface area contributed by atoms with Gasteiger partial charge < -0.3 is 54.3 Å². The summed E-state index contributed by atoms with van der Waals surface area (Å²) in [6, 6.07) is 8.74. The van der Waals surface area contributed by atoms with Gasteiger partial charge in [-0.15, -0.1) is 0 Å². The van der Waals surface area contributed by atoms with Crippen LogP contribution in [0.1, 0.15) is 117 Å². The number of rotatable bonds is 25. The zero-order valence-corrected chi connectivity index (χ0v) is 50.9. The number of anilines is 1. The Morgan fingerprint density at radius 2 is 1.69 bits per heavy atom. The second kappa shape index (κ2) is 27.6. The third kappa shape index (κ3) is 18.5. The van der Waals surface area contributed by atoms with Crippen molar-refractivity contribution in [2.24, 2.45) is 10.9 Å². The number of nitrogens with zero attached hydrogens (tertiary/aromatic N) is 2. The molecule has 6 rings (SSSR count). The molecule has 7 atom stereocenters. The van der Waals surface area contributed by atoms with Crippen LogP contribution in [0.15, 0.2) is 74.6 Å². The van der Waals surface area contributed by atoms with Crippen molar-refractivity contribution in [1.29, 1.82) is 0 Å². The summed E-state index contributed by atoms with van der Waals surface area (Å²) in [5, 5.41) is 17.0. The average molecular weight is 1250 g/mol. The van der Waals surface area contributed by atoms with E-state index in [9.17, 15) is 47.8 Å². The minimum atomic E-state index is -5.80. The molecule has 24 nitrogen and oxygen atoms in total. The highest BCUT2D eigenvalue weighted by molar-refractivity contribution is 8.77. The summed E-state index contributed by atoms with van der Waals surface area (Å²) < 4.78 is 72.2. The van der Waals surface area contributed by atoms with Crippen LogP contribution in [0.25, 0.3) is 0 Å². The van der Waals surface area contributed by atoms with Crippen LogP contribution in [0, 0.1) is 24.7 Å². The third-order valence-corrected chi connectivity index (χ3v) is 21.5. The van der Waals surface area contributed by atoms with E-state index in [0.717, 1.165) is 38.9 Å². The van der Waals surface area contributed by atoms with Crippen LogP contribution < -0.4 is 26.6 Å². The molecule has 80 heavy (non-hydrogen) atoms. The monoisotopic (exact) mass is 1250 g/mol. The number of carboxylic acids is 1. The van der Waals surface area contributed by atoms with Crippen molar-refractivity contribution in [2.75, 3.05) is 50.0 Å². The third-order valence-electron chi connectivity index (χ3n) is 11.7. The molecule has 0 bridgehead atoms. The van der Waals surface area contributed by atoms with E-state index in [4.69, 9.17) is 33.3 Å². The van der Waals surface area contributed by atoms with Crippen molar-refractivity contribution in [1.82, 2.24) is 14.9 Å². The number of ether oxygens (including phenoxy) is 4. The van der Waals surface area contributed by atoms with Gasteiger partial charge in [0.15, 0.2) is 0 Å². The summed E-state index contributed by atoms with van der Waals surface area (Å²) in [6.07, 6.45) is 1.73. The number of phosphoric acid groups is 3. The van der Waals surface area contributed by atoms with Crippen molar-refractivity contribution >= 4 is 89.9 Å². The van der Waals surface area contributed by atoms with E-state index < -0.39 is 82.3 Å². The predicted octanol–water partition coefficient (Wildman–Crippen LogP) is 8.49. The number of phosphoric ester groups is 1.